The van der Waals surface area contributed by atoms with Crippen molar-refractivity contribution in [3.8, 4) is 16.9 Å². The monoisotopic (exact) mass is 351 g/mol. The Morgan fingerprint density at radius 1 is 1.04 bits per heavy atom. The maximum atomic E-state index is 14.1. The van der Waals surface area contributed by atoms with Gasteiger partial charge in [-0.1, -0.05) is 18.2 Å². The number of para-hydroxylation sites is 1. The number of aromatic nitrogens is 1. The Morgan fingerprint density at radius 3 is 2.17 bits per heavy atom. The molecule has 2 aromatic carbocycles. The third kappa shape index (κ3) is 2.76. The van der Waals surface area contributed by atoms with Crippen LogP contribution in [0.1, 0.15) is 0 Å². The molecule has 5 nitrogen and oxygen atoms in total. The number of oxazole rings is 1. The lowest BCUT2D eigenvalue weighted by Gasteiger charge is -2.09. The van der Waals surface area contributed by atoms with Crippen LogP contribution in [0.2, 0.25) is 0 Å². The van der Waals surface area contributed by atoms with Crippen LogP contribution < -0.4 is 5.76 Å². The Bertz CT molecular complexity index is 1050. The maximum Gasteiger partial charge on any atom is 0.424 e. The van der Waals surface area contributed by atoms with Gasteiger partial charge in [-0.05, 0) is 24.3 Å². The Balaban J connectivity index is 2.25. The quantitative estimate of drug-likeness (QED) is 0.728. The van der Waals surface area contributed by atoms with E-state index in [9.17, 15) is 22.0 Å². The van der Waals surface area contributed by atoms with Crippen molar-refractivity contribution >= 4 is 9.84 Å². The summed E-state index contributed by atoms with van der Waals surface area (Å²) in [5.41, 5.74) is 0.524. The Morgan fingerprint density at radius 2 is 1.62 bits per heavy atom. The topological polar surface area (TPSA) is 69.3 Å². The van der Waals surface area contributed by atoms with Crippen molar-refractivity contribution in [2.24, 2.45) is 0 Å². The van der Waals surface area contributed by atoms with E-state index in [0.717, 1.165) is 23.0 Å². The van der Waals surface area contributed by atoms with Crippen LogP contribution in [0.4, 0.5) is 8.78 Å². The van der Waals surface area contributed by atoms with Gasteiger partial charge in [0.1, 0.15) is 22.8 Å². The highest BCUT2D eigenvalue weighted by Gasteiger charge is 2.23. The summed E-state index contributed by atoms with van der Waals surface area (Å²) in [6, 6.07) is 10.1. The van der Waals surface area contributed by atoms with Crippen LogP contribution in [-0.4, -0.2) is 19.2 Å². The van der Waals surface area contributed by atoms with Gasteiger partial charge in [0, 0.05) is 11.8 Å². The third-order valence-corrected chi connectivity index (χ3v) is 4.51. The molecule has 0 bridgehead atoms. The Hall–Kier alpha value is -2.74. The first-order valence-corrected chi connectivity index (χ1v) is 8.63. The highest BCUT2D eigenvalue weighted by molar-refractivity contribution is 7.90. The van der Waals surface area contributed by atoms with Crippen LogP contribution in [0.15, 0.2) is 62.8 Å². The van der Waals surface area contributed by atoms with E-state index >= 15 is 0 Å². The number of hydrogen-bond donors (Lipinski definition) is 0. The molecular formula is C16H11F2NO4S. The number of sulfone groups is 1. The van der Waals surface area contributed by atoms with E-state index in [-0.39, 0.29) is 11.3 Å². The van der Waals surface area contributed by atoms with Gasteiger partial charge in [-0.15, -0.1) is 0 Å². The first-order valence-electron chi connectivity index (χ1n) is 6.74. The molecule has 3 aromatic rings. The summed E-state index contributed by atoms with van der Waals surface area (Å²) in [7, 11) is -4.06. The molecule has 0 fully saturated rings. The van der Waals surface area contributed by atoms with Gasteiger partial charge in [-0.3, -0.25) is 0 Å². The van der Waals surface area contributed by atoms with Crippen LogP contribution in [0.3, 0.4) is 0 Å². The number of halogens is 2. The van der Waals surface area contributed by atoms with Gasteiger partial charge in [0.25, 0.3) is 0 Å². The zero-order valence-corrected chi connectivity index (χ0v) is 13.2. The summed E-state index contributed by atoms with van der Waals surface area (Å²) in [5, 5.41) is 0. The van der Waals surface area contributed by atoms with Crippen molar-refractivity contribution in [1.82, 2.24) is 4.57 Å². The normalized spacial score (nSPS) is 11.6. The van der Waals surface area contributed by atoms with Crippen molar-refractivity contribution in [1.29, 1.82) is 0 Å². The van der Waals surface area contributed by atoms with Gasteiger partial charge >= 0.3 is 5.76 Å². The van der Waals surface area contributed by atoms with Crippen molar-refractivity contribution < 1.29 is 21.6 Å². The van der Waals surface area contributed by atoms with E-state index in [1.54, 1.807) is 30.3 Å². The summed E-state index contributed by atoms with van der Waals surface area (Å²) in [4.78, 5) is 10.9. The lowest BCUT2D eigenvalue weighted by atomic mass is 10.1. The molecule has 8 heteroatoms. The molecule has 0 spiro atoms. The average Bonchev–Trinajstić information content (AvgIpc) is 2.87. The standard InChI is InChI=1S/C16H11F2NO4S/c1-24(21,22)15-12(17)7-10(8-13(15)18)14-9-23-16(20)19(14)11-5-3-2-4-6-11/h2-9H,1H3. The minimum atomic E-state index is -4.06. The fourth-order valence-electron chi connectivity index (χ4n) is 2.39. The number of hydrogen-bond acceptors (Lipinski definition) is 4. The van der Waals surface area contributed by atoms with E-state index in [0.29, 0.717) is 11.9 Å². The van der Waals surface area contributed by atoms with Crippen molar-refractivity contribution in [2.45, 2.75) is 4.90 Å². The highest BCUT2D eigenvalue weighted by atomic mass is 32.2. The van der Waals surface area contributed by atoms with E-state index in [1.807, 2.05) is 0 Å². The molecule has 1 heterocycles. The van der Waals surface area contributed by atoms with Gasteiger partial charge in [0.15, 0.2) is 9.84 Å². The lowest BCUT2D eigenvalue weighted by molar-refractivity contribution is 0.504. The fraction of sp³-hybridized carbons (Fsp3) is 0.0625. The highest BCUT2D eigenvalue weighted by Crippen LogP contribution is 2.28. The molecule has 124 valence electrons. The summed E-state index contributed by atoms with van der Waals surface area (Å²) in [6.07, 6.45) is 1.77. The Kier molecular flexibility index (Phi) is 3.84. The molecule has 0 saturated carbocycles. The van der Waals surface area contributed by atoms with Crippen molar-refractivity contribution in [3.05, 3.63) is 70.9 Å². The smallest absolute Gasteiger partial charge is 0.415 e. The zero-order chi connectivity index (χ0) is 17.5. The van der Waals surface area contributed by atoms with Crippen molar-refractivity contribution in [2.75, 3.05) is 6.26 Å². The largest absolute Gasteiger partial charge is 0.424 e. The minimum absolute atomic E-state index is 0.0212. The SMILES string of the molecule is CS(=O)(=O)c1c(F)cc(-c2coc(=O)n2-c2ccccc2)cc1F. The molecule has 0 amide bonds. The average molecular weight is 351 g/mol. The first-order chi connectivity index (χ1) is 11.3. The molecule has 24 heavy (non-hydrogen) atoms. The summed E-state index contributed by atoms with van der Waals surface area (Å²) >= 11 is 0. The molecule has 0 aliphatic heterocycles. The maximum absolute atomic E-state index is 14.1. The second-order valence-electron chi connectivity index (χ2n) is 5.10. The summed E-state index contributed by atoms with van der Waals surface area (Å²) < 4.78 is 57.1. The summed E-state index contributed by atoms with van der Waals surface area (Å²) in [5.74, 6) is -3.20. The lowest BCUT2D eigenvalue weighted by Crippen LogP contribution is -2.13. The van der Waals surface area contributed by atoms with Gasteiger partial charge in [-0.25, -0.2) is 26.6 Å². The molecule has 0 atom stereocenters. The van der Waals surface area contributed by atoms with E-state index in [1.165, 1.54) is 0 Å². The molecule has 0 aliphatic rings. The molecule has 0 radical (unpaired) electrons. The number of benzene rings is 2. The third-order valence-electron chi connectivity index (χ3n) is 3.37. The predicted molar refractivity (Wildman–Crippen MR) is 82.8 cm³/mol. The van der Waals surface area contributed by atoms with Gasteiger partial charge in [0.2, 0.25) is 0 Å². The van der Waals surface area contributed by atoms with Crippen LogP contribution in [-0.2, 0) is 9.84 Å². The van der Waals surface area contributed by atoms with Crippen LogP contribution in [0.5, 0.6) is 0 Å². The van der Waals surface area contributed by atoms with Crippen LogP contribution in [0, 0.1) is 11.6 Å². The van der Waals surface area contributed by atoms with Gasteiger partial charge in [0.05, 0.1) is 11.4 Å². The zero-order valence-electron chi connectivity index (χ0n) is 12.4. The molecule has 0 unspecified atom stereocenters. The van der Waals surface area contributed by atoms with Crippen LogP contribution in [0.25, 0.3) is 16.9 Å². The summed E-state index contributed by atoms with van der Waals surface area (Å²) in [6.45, 7) is 0. The van der Waals surface area contributed by atoms with Crippen molar-refractivity contribution in [3.63, 3.8) is 0 Å². The number of nitrogens with zero attached hydrogens (tertiary/aromatic N) is 1. The van der Waals surface area contributed by atoms with E-state index in [4.69, 9.17) is 4.42 Å². The second-order valence-corrected chi connectivity index (χ2v) is 7.05. The molecule has 0 N–H and O–H groups in total. The molecule has 0 aliphatic carbocycles. The van der Waals surface area contributed by atoms with Gasteiger partial charge in [-0.2, -0.15) is 0 Å². The number of rotatable bonds is 3. The minimum Gasteiger partial charge on any atom is -0.415 e. The fourth-order valence-corrected chi connectivity index (χ4v) is 3.22. The predicted octanol–water partition coefficient (Wildman–Crippen LogP) is 2.78. The van der Waals surface area contributed by atoms with Gasteiger partial charge < -0.3 is 4.42 Å². The first kappa shape index (κ1) is 16.1. The van der Waals surface area contributed by atoms with E-state index < -0.39 is 32.1 Å². The van der Waals surface area contributed by atoms with E-state index in [2.05, 4.69) is 0 Å². The second kappa shape index (κ2) is 5.72. The molecule has 3 rings (SSSR count). The molecular weight excluding hydrogens is 340 g/mol. The molecule has 1 aromatic heterocycles. The van der Waals surface area contributed by atoms with Crippen LogP contribution >= 0.6 is 0 Å². The molecule has 0 saturated heterocycles. The Labute approximate surface area is 135 Å².